The number of rotatable bonds is 6. The van der Waals surface area contributed by atoms with E-state index in [4.69, 9.17) is 4.74 Å². The summed E-state index contributed by atoms with van der Waals surface area (Å²) in [5, 5.41) is 12.8. The molecule has 0 spiro atoms. The summed E-state index contributed by atoms with van der Waals surface area (Å²) in [6.45, 7) is 3.24. The minimum Gasteiger partial charge on any atom is -0.491 e. The van der Waals surface area contributed by atoms with Gasteiger partial charge in [-0.25, -0.2) is 9.18 Å². The predicted octanol–water partition coefficient (Wildman–Crippen LogP) is 2.34. The first-order chi connectivity index (χ1) is 12.8. The van der Waals surface area contributed by atoms with Crippen molar-refractivity contribution in [2.45, 2.75) is 25.5 Å². The molecule has 1 aliphatic heterocycles. The van der Waals surface area contributed by atoms with E-state index in [0.29, 0.717) is 11.3 Å². The molecule has 0 radical (unpaired) electrons. The molecule has 27 heavy (non-hydrogen) atoms. The first kappa shape index (κ1) is 18.8. The number of imide groups is 1. The largest absolute Gasteiger partial charge is 0.491 e. The van der Waals surface area contributed by atoms with Crippen LogP contribution in [0.5, 0.6) is 5.75 Å². The highest BCUT2D eigenvalue weighted by Crippen LogP contribution is 2.29. The Hall–Kier alpha value is -2.93. The van der Waals surface area contributed by atoms with E-state index in [0.717, 1.165) is 10.5 Å². The number of aliphatic hydroxyl groups excluding tert-OH is 1. The third-order valence-corrected chi connectivity index (χ3v) is 4.55. The van der Waals surface area contributed by atoms with Crippen LogP contribution >= 0.6 is 0 Å². The molecule has 1 aliphatic rings. The Balaban J connectivity index is 1.64. The second kappa shape index (κ2) is 7.36. The zero-order chi connectivity index (χ0) is 19.6. The number of halogens is 1. The van der Waals surface area contributed by atoms with Gasteiger partial charge in [0, 0.05) is 0 Å². The van der Waals surface area contributed by atoms with Crippen LogP contribution in [0.4, 0.5) is 9.18 Å². The monoisotopic (exact) mass is 372 g/mol. The smallest absolute Gasteiger partial charge is 0.325 e. The summed E-state index contributed by atoms with van der Waals surface area (Å²) in [4.78, 5) is 26.0. The highest BCUT2D eigenvalue weighted by atomic mass is 19.1. The molecule has 0 aliphatic carbocycles. The standard InChI is InChI=1S/C20H21FN2O4/c1-13-3-9-17(10-4-13)27-12-16(24)11-23-18(25)20(2,22-19(23)26)14-5-7-15(21)8-6-14/h3-10,16,24H,11-12H2,1-2H3,(H,22,26)/t16-,20-/m1/s1. The first-order valence-electron chi connectivity index (χ1n) is 8.57. The Labute approximate surface area is 156 Å². The van der Waals surface area contributed by atoms with Gasteiger partial charge < -0.3 is 15.2 Å². The minimum absolute atomic E-state index is 0.0621. The lowest BCUT2D eigenvalue weighted by molar-refractivity contribution is -0.132. The normalized spacial score (nSPS) is 20.5. The number of β-amino-alcohol motifs (C(OH)–C–C–N with tert-alkyl or cyclic N) is 1. The molecule has 0 saturated carbocycles. The Morgan fingerprint density at radius 3 is 2.41 bits per heavy atom. The van der Waals surface area contributed by atoms with E-state index in [1.807, 2.05) is 19.1 Å². The minimum atomic E-state index is -1.30. The van der Waals surface area contributed by atoms with Gasteiger partial charge in [-0.3, -0.25) is 9.69 Å². The maximum Gasteiger partial charge on any atom is 0.325 e. The van der Waals surface area contributed by atoms with Crippen LogP contribution in [-0.2, 0) is 10.3 Å². The summed E-state index contributed by atoms with van der Waals surface area (Å²) in [7, 11) is 0. The van der Waals surface area contributed by atoms with E-state index in [1.54, 1.807) is 19.1 Å². The van der Waals surface area contributed by atoms with Gasteiger partial charge >= 0.3 is 6.03 Å². The second-order valence-electron chi connectivity index (χ2n) is 6.76. The molecule has 2 aromatic carbocycles. The van der Waals surface area contributed by atoms with Crippen molar-refractivity contribution in [3.63, 3.8) is 0 Å². The number of hydrogen-bond acceptors (Lipinski definition) is 4. The Morgan fingerprint density at radius 1 is 1.15 bits per heavy atom. The SMILES string of the molecule is Cc1ccc(OC[C@H](O)CN2C(=O)N[C@](C)(c3ccc(F)cc3)C2=O)cc1. The highest BCUT2D eigenvalue weighted by molar-refractivity contribution is 6.07. The average Bonchev–Trinajstić information content (AvgIpc) is 2.86. The summed E-state index contributed by atoms with van der Waals surface area (Å²) >= 11 is 0. The van der Waals surface area contributed by atoms with Gasteiger partial charge in [0.25, 0.3) is 5.91 Å². The van der Waals surface area contributed by atoms with Crippen LogP contribution in [0.2, 0.25) is 0 Å². The van der Waals surface area contributed by atoms with Gasteiger partial charge in [0.15, 0.2) is 0 Å². The molecule has 7 heteroatoms. The van der Waals surface area contributed by atoms with E-state index in [9.17, 15) is 19.1 Å². The zero-order valence-electron chi connectivity index (χ0n) is 15.1. The summed E-state index contributed by atoms with van der Waals surface area (Å²) < 4.78 is 18.6. The maximum atomic E-state index is 13.1. The van der Waals surface area contributed by atoms with Crippen LogP contribution in [0.25, 0.3) is 0 Å². The predicted molar refractivity (Wildman–Crippen MR) is 96.7 cm³/mol. The number of carbonyl (C=O) groups is 2. The summed E-state index contributed by atoms with van der Waals surface area (Å²) in [6.07, 6.45) is -1.04. The quantitative estimate of drug-likeness (QED) is 0.763. The molecule has 2 atom stereocenters. The number of urea groups is 1. The van der Waals surface area contributed by atoms with Gasteiger partial charge in [-0.05, 0) is 43.7 Å². The highest BCUT2D eigenvalue weighted by Gasteiger charge is 2.49. The molecule has 1 heterocycles. The van der Waals surface area contributed by atoms with Gasteiger partial charge in [0.2, 0.25) is 0 Å². The Bertz CT molecular complexity index is 838. The van der Waals surface area contributed by atoms with E-state index < -0.39 is 29.4 Å². The van der Waals surface area contributed by atoms with E-state index >= 15 is 0 Å². The first-order valence-corrected chi connectivity index (χ1v) is 8.57. The van der Waals surface area contributed by atoms with Gasteiger partial charge in [0.1, 0.15) is 29.8 Å². The number of aliphatic hydroxyl groups is 1. The fraction of sp³-hybridized carbons (Fsp3) is 0.300. The van der Waals surface area contributed by atoms with Crippen LogP contribution in [-0.4, -0.2) is 41.2 Å². The number of nitrogens with one attached hydrogen (secondary N) is 1. The number of carbonyl (C=O) groups excluding carboxylic acids is 2. The van der Waals surface area contributed by atoms with Crippen molar-refractivity contribution in [3.8, 4) is 5.75 Å². The molecule has 6 nitrogen and oxygen atoms in total. The lowest BCUT2D eigenvalue weighted by atomic mass is 9.92. The number of hydrogen-bond donors (Lipinski definition) is 2. The zero-order valence-corrected chi connectivity index (χ0v) is 15.1. The molecule has 2 N–H and O–H groups in total. The fourth-order valence-electron chi connectivity index (χ4n) is 2.93. The molecule has 3 amide bonds. The third kappa shape index (κ3) is 3.93. The molecule has 142 valence electrons. The van der Waals surface area contributed by atoms with Crippen molar-refractivity contribution < 1.29 is 23.8 Å². The molecular weight excluding hydrogens is 351 g/mol. The van der Waals surface area contributed by atoms with Crippen LogP contribution in [0.15, 0.2) is 48.5 Å². The van der Waals surface area contributed by atoms with Crippen molar-refractivity contribution in [3.05, 3.63) is 65.5 Å². The van der Waals surface area contributed by atoms with Gasteiger partial charge in [-0.15, -0.1) is 0 Å². The molecule has 0 aromatic heterocycles. The molecular formula is C20H21FN2O4. The Kier molecular flexibility index (Phi) is 5.14. The van der Waals surface area contributed by atoms with Crippen LogP contribution in [0.3, 0.4) is 0 Å². The van der Waals surface area contributed by atoms with E-state index in [1.165, 1.54) is 24.3 Å². The van der Waals surface area contributed by atoms with Crippen molar-refractivity contribution in [1.29, 1.82) is 0 Å². The molecule has 1 saturated heterocycles. The summed E-state index contributed by atoms with van der Waals surface area (Å²) in [5.41, 5.74) is 0.250. The Morgan fingerprint density at radius 2 is 1.78 bits per heavy atom. The molecule has 2 aromatic rings. The van der Waals surface area contributed by atoms with Gasteiger partial charge in [-0.1, -0.05) is 29.8 Å². The molecule has 3 rings (SSSR count). The topological polar surface area (TPSA) is 78.9 Å². The molecule has 0 bridgehead atoms. The number of amides is 3. The summed E-state index contributed by atoms with van der Waals surface area (Å²) in [6, 6.07) is 12.1. The van der Waals surface area contributed by atoms with Crippen LogP contribution in [0, 0.1) is 12.7 Å². The second-order valence-corrected chi connectivity index (χ2v) is 6.76. The van der Waals surface area contributed by atoms with Crippen molar-refractivity contribution in [2.24, 2.45) is 0 Å². The fourth-order valence-corrected chi connectivity index (χ4v) is 2.93. The van der Waals surface area contributed by atoms with Gasteiger partial charge in [0.05, 0.1) is 6.54 Å². The maximum absolute atomic E-state index is 13.1. The van der Waals surface area contributed by atoms with Gasteiger partial charge in [-0.2, -0.15) is 0 Å². The number of ether oxygens (including phenoxy) is 1. The molecule has 0 unspecified atom stereocenters. The average molecular weight is 372 g/mol. The van der Waals surface area contributed by atoms with Crippen LogP contribution in [0.1, 0.15) is 18.1 Å². The lowest BCUT2D eigenvalue weighted by Gasteiger charge is -2.23. The number of aryl methyl sites for hydroxylation is 1. The van der Waals surface area contributed by atoms with Crippen molar-refractivity contribution in [2.75, 3.05) is 13.2 Å². The van der Waals surface area contributed by atoms with Crippen molar-refractivity contribution >= 4 is 11.9 Å². The van der Waals surface area contributed by atoms with Crippen molar-refractivity contribution in [1.82, 2.24) is 10.2 Å². The number of benzene rings is 2. The number of nitrogens with zero attached hydrogens (tertiary/aromatic N) is 1. The summed E-state index contributed by atoms with van der Waals surface area (Å²) in [5.74, 6) is -0.346. The van der Waals surface area contributed by atoms with E-state index in [2.05, 4.69) is 5.32 Å². The molecule has 1 fully saturated rings. The lowest BCUT2D eigenvalue weighted by Crippen LogP contribution is -2.42. The van der Waals surface area contributed by atoms with E-state index in [-0.39, 0.29) is 13.2 Å². The third-order valence-electron chi connectivity index (χ3n) is 4.55. The van der Waals surface area contributed by atoms with Crippen LogP contribution < -0.4 is 10.1 Å².